The molecule has 0 aliphatic heterocycles. The van der Waals surface area contributed by atoms with E-state index in [-0.39, 0.29) is 5.97 Å². The zero-order valence-corrected chi connectivity index (χ0v) is 7.66. The molecule has 4 N–H and O–H groups in total. The van der Waals surface area contributed by atoms with E-state index < -0.39 is 6.04 Å². The highest BCUT2D eigenvalue weighted by molar-refractivity contribution is 5.76. The van der Waals surface area contributed by atoms with Crippen molar-refractivity contribution in [3.63, 3.8) is 0 Å². The van der Waals surface area contributed by atoms with E-state index in [4.69, 9.17) is 16.2 Å². The summed E-state index contributed by atoms with van der Waals surface area (Å²) in [5.74, 6) is 0.431. The van der Waals surface area contributed by atoms with Crippen molar-refractivity contribution in [3.05, 3.63) is 11.8 Å². The van der Waals surface area contributed by atoms with Gasteiger partial charge in [-0.25, -0.2) is 4.79 Å². The highest BCUT2D eigenvalue weighted by Gasteiger charge is 2.19. The van der Waals surface area contributed by atoms with E-state index >= 15 is 0 Å². The largest absolute Gasteiger partial charge is 0.430 e. The van der Waals surface area contributed by atoms with Crippen LogP contribution in [0.3, 0.4) is 0 Å². The lowest BCUT2D eigenvalue weighted by Crippen LogP contribution is -2.31. The summed E-state index contributed by atoms with van der Waals surface area (Å²) in [5, 5.41) is 0. The van der Waals surface area contributed by atoms with Crippen LogP contribution in [0.15, 0.2) is 11.8 Å². The maximum Gasteiger partial charge on any atom is 0.327 e. The zero-order valence-electron chi connectivity index (χ0n) is 7.66. The summed E-state index contributed by atoms with van der Waals surface area (Å²) >= 11 is 0. The SMILES string of the molecule is NCCCC[C@H](N)C(=O)OC1=CC1. The van der Waals surface area contributed by atoms with Gasteiger partial charge in [-0.1, -0.05) is 6.42 Å². The first-order valence-electron chi connectivity index (χ1n) is 4.60. The van der Waals surface area contributed by atoms with Gasteiger partial charge in [0, 0.05) is 6.42 Å². The van der Waals surface area contributed by atoms with Crippen molar-refractivity contribution in [1.82, 2.24) is 0 Å². The lowest BCUT2D eigenvalue weighted by Gasteiger charge is -2.08. The van der Waals surface area contributed by atoms with Gasteiger partial charge in [0.15, 0.2) is 0 Å². The van der Waals surface area contributed by atoms with Gasteiger partial charge in [-0.2, -0.15) is 0 Å². The van der Waals surface area contributed by atoms with E-state index in [2.05, 4.69) is 0 Å². The molecule has 0 fully saturated rings. The predicted molar refractivity (Wildman–Crippen MR) is 49.7 cm³/mol. The van der Waals surface area contributed by atoms with E-state index in [1.54, 1.807) is 0 Å². The predicted octanol–water partition coefficient (Wildman–Crippen LogP) is 0.274. The number of nitrogens with two attached hydrogens (primary N) is 2. The number of unbranched alkanes of at least 4 members (excludes halogenated alkanes) is 1. The first-order valence-corrected chi connectivity index (χ1v) is 4.60. The summed E-state index contributed by atoms with van der Waals surface area (Å²) in [5.41, 5.74) is 10.9. The van der Waals surface area contributed by atoms with Crippen molar-refractivity contribution in [1.29, 1.82) is 0 Å². The van der Waals surface area contributed by atoms with Gasteiger partial charge >= 0.3 is 5.97 Å². The van der Waals surface area contributed by atoms with Crippen LogP contribution in [0.1, 0.15) is 25.7 Å². The van der Waals surface area contributed by atoms with Crippen LogP contribution in [-0.2, 0) is 9.53 Å². The number of esters is 1. The summed E-state index contributed by atoms with van der Waals surface area (Å²) < 4.78 is 4.92. The van der Waals surface area contributed by atoms with E-state index in [0.717, 1.165) is 25.0 Å². The molecule has 1 aliphatic rings. The number of ether oxygens (including phenoxy) is 1. The molecule has 0 aromatic heterocycles. The van der Waals surface area contributed by atoms with Gasteiger partial charge in [0.05, 0.1) is 0 Å². The summed E-state index contributed by atoms with van der Waals surface area (Å²) in [6, 6.07) is -0.493. The van der Waals surface area contributed by atoms with Crippen molar-refractivity contribution in [3.8, 4) is 0 Å². The highest BCUT2D eigenvalue weighted by atomic mass is 16.5. The molecule has 0 saturated heterocycles. The Morgan fingerprint density at radius 3 is 2.85 bits per heavy atom. The van der Waals surface area contributed by atoms with E-state index in [1.807, 2.05) is 6.08 Å². The average Bonchev–Trinajstić information content (AvgIpc) is 2.88. The molecule has 4 nitrogen and oxygen atoms in total. The Morgan fingerprint density at radius 2 is 2.31 bits per heavy atom. The average molecular weight is 184 g/mol. The Kier molecular flexibility index (Phi) is 3.92. The first-order chi connectivity index (χ1) is 6.24. The number of carbonyl (C=O) groups excluding carboxylic acids is 1. The molecule has 1 atom stereocenters. The highest BCUT2D eigenvalue weighted by Crippen LogP contribution is 2.20. The van der Waals surface area contributed by atoms with Gasteiger partial charge in [0.1, 0.15) is 11.8 Å². The minimum absolute atomic E-state index is 0.319. The Bertz CT molecular complexity index is 214. The maximum absolute atomic E-state index is 11.2. The van der Waals surface area contributed by atoms with Crippen molar-refractivity contribution in [2.24, 2.45) is 11.5 Å². The van der Waals surface area contributed by atoms with E-state index in [9.17, 15) is 4.79 Å². The first kappa shape index (κ1) is 10.2. The molecular formula is C9H16N2O2. The van der Waals surface area contributed by atoms with Gasteiger partial charge in [0.2, 0.25) is 0 Å². The van der Waals surface area contributed by atoms with Gasteiger partial charge in [-0.15, -0.1) is 0 Å². The van der Waals surface area contributed by atoms with Crippen LogP contribution in [0.25, 0.3) is 0 Å². The third-order valence-corrected chi connectivity index (χ3v) is 1.87. The minimum Gasteiger partial charge on any atom is -0.430 e. The lowest BCUT2D eigenvalue weighted by atomic mass is 10.1. The van der Waals surface area contributed by atoms with Crippen LogP contribution in [0.4, 0.5) is 0 Å². The lowest BCUT2D eigenvalue weighted by molar-refractivity contribution is -0.140. The van der Waals surface area contributed by atoms with Crippen molar-refractivity contribution in [2.45, 2.75) is 31.7 Å². The summed E-state index contributed by atoms with van der Waals surface area (Å²) in [6.45, 7) is 0.646. The molecule has 0 unspecified atom stereocenters. The summed E-state index contributed by atoms with van der Waals surface area (Å²) in [6.07, 6.45) is 5.09. The minimum atomic E-state index is -0.493. The summed E-state index contributed by atoms with van der Waals surface area (Å²) in [7, 11) is 0. The molecule has 0 saturated carbocycles. The standard InChI is InChI=1S/C9H16N2O2/c10-6-2-1-3-8(11)9(12)13-7-4-5-7/h4,8H,1-3,5-6,10-11H2/t8-/m0/s1. The fraction of sp³-hybridized carbons (Fsp3) is 0.667. The third-order valence-electron chi connectivity index (χ3n) is 1.87. The Morgan fingerprint density at radius 1 is 1.62 bits per heavy atom. The number of rotatable bonds is 6. The molecule has 4 heteroatoms. The molecule has 0 spiro atoms. The fourth-order valence-corrected chi connectivity index (χ4v) is 0.956. The van der Waals surface area contributed by atoms with Crippen LogP contribution < -0.4 is 11.5 Å². The van der Waals surface area contributed by atoms with E-state index in [1.165, 1.54) is 0 Å². The second-order valence-corrected chi connectivity index (χ2v) is 3.19. The molecule has 13 heavy (non-hydrogen) atoms. The quantitative estimate of drug-likeness (QED) is 0.459. The maximum atomic E-state index is 11.2. The van der Waals surface area contributed by atoms with Crippen LogP contribution in [-0.4, -0.2) is 18.6 Å². The van der Waals surface area contributed by atoms with Crippen molar-refractivity contribution in [2.75, 3.05) is 6.54 Å². The Labute approximate surface area is 77.9 Å². The molecular weight excluding hydrogens is 168 g/mol. The molecule has 1 rings (SSSR count). The Balaban J connectivity index is 2.09. The molecule has 0 amide bonds. The summed E-state index contributed by atoms with van der Waals surface area (Å²) in [4.78, 5) is 11.2. The molecule has 0 radical (unpaired) electrons. The van der Waals surface area contributed by atoms with Crippen LogP contribution in [0, 0.1) is 0 Å². The molecule has 1 aliphatic carbocycles. The monoisotopic (exact) mass is 184 g/mol. The number of carbonyl (C=O) groups is 1. The number of hydrogen-bond donors (Lipinski definition) is 2. The smallest absolute Gasteiger partial charge is 0.327 e. The zero-order chi connectivity index (χ0) is 9.68. The van der Waals surface area contributed by atoms with Crippen LogP contribution in [0.5, 0.6) is 0 Å². The van der Waals surface area contributed by atoms with Crippen LogP contribution in [0.2, 0.25) is 0 Å². The molecule has 0 aromatic carbocycles. The van der Waals surface area contributed by atoms with Gasteiger partial charge < -0.3 is 16.2 Å². The Hall–Kier alpha value is -0.870. The number of allylic oxidation sites excluding steroid dienone is 2. The van der Waals surface area contributed by atoms with Gasteiger partial charge in [-0.05, 0) is 25.5 Å². The second-order valence-electron chi connectivity index (χ2n) is 3.19. The van der Waals surface area contributed by atoms with Gasteiger partial charge in [-0.3, -0.25) is 0 Å². The van der Waals surface area contributed by atoms with Crippen molar-refractivity contribution >= 4 is 5.97 Å². The number of hydrogen-bond acceptors (Lipinski definition) is 4. The topological polar surface area (TPSA) is 78.3 Å². The van der Waals surface area contributed by atoms with Crippen LogP contribution >= 0.6 is 0 Å². The third kappa shape index (κ3) is 4.05. The fourth-order valence-electron chi connectivity index (χ4n) is 0.956. The molecule has 74 valence electrons. The van der Waals surface area contributed by atoms with E-state index in [0.29, 0.717) is 13.0 Å². The normalized spacial score (nSPS) is 16.3. The molecule has 0 bridgehead atoms. The molecule has 0 aromatic rings. The van der Waals surface area contributed by atoms with Gasteiger partial charge in [0.25, 0.3) is 0 Å². The van der Waals surface area contributed by atoms with Crippen molar-refractivity contribution < 1.29 is 9.53 Å². The second kappa shape index (κ2) is 4.99. The molecule has 0 heterocycles.